The second-order valence-electron chi connectivity index (χ2n) is 6.63. The van der Waals surface area contributed by atoms with Crippen molar-refractivity contribution in [3.8, 4) is 0 Å². The zero-order valence-electron chi connectivity index (χ0n) is 13.8. The van der Waals surface area contributed by atoms with E-state index in [1.54, 1.807) is 4.90 Å². The predicted molar refractivity (Wildman–Crippen MR) is 88.4 cm³/mol. The Kier molecular flexibility index (Phi) is 4.66. The number of nitrogens with one attached hydrogen (secondary N) is 1. The molecule has 0 aliphatic carbocycles. The van der Waals surface area contributed by atoms with Crippen LogP contribution in [0.15, 0.2) is 18.2 Å². The van der Waals surface area contributed by atoms with Crippen LogP contribution in [0.25, 0.3) is 0 Å². The predicted octanol–water partition coefficient (Wildman–Crippen LogP) is 1.95. The van der Waals surface area contributed by atoms with Crippen molar-refractivity contribution in [1.29, 1.82) is 0 Å². The van der Waals surface area contributed by atoms with E-state index in [0.29, 0.717) is 13.1 Å². The van der Waals surface area contributed by atoms with E-state index >= 15 is 0 Å². The molecule has 2 atom stereocenters. The number of hydrogen-bond acceptors (Lipinski definition) is 3. The third kappa shape index (κ3) is 3.72. The normalized spacial score (nSPS) is 24.3. The number of benzene rings is 1. The summed E-state index contributed by atoms with van der Waals surface area (Å²) >= 11 is 0. The summed E-state index contributed by atoms with van der Waals surface area (Å²) in [5, 5.41) is 2.94. The molecule has 0 radical (unpaired) electrons. The van der Waals surface area contributed by atoms with Crippen LogP contribution in [0, 0.1) is 19.8 Å². The maximum Gasteiger partial charge on any atom is 0.227 e. The fraction of sp³-hybridized carbons (Fsp3) is 0.556. The van der Waals surface area contributed by atoms with Crippen molar-refractivity contribution < 1.29 is 14.3 Å². The quantitative estimate of drug-likeness (QED) is 0.924. The highest BCUT2D eigenvalue weighted by Gasteiger charge is 2.35. The summed E-state index contributed by atoms with van der Waals surface area (Å²) in [5.74, 6) is -0.294. The second-order valence-corrected chi connectivity index (χ2v) is 6.63. The van der Waals surface area contributed by atoms with Gasteiger partial charge in [-0.1, -0.05) is 6.07 Å². The summed E-state index contributed by atoms with van der Waals surface area (Å²) in [6.07, 6.45) is 2.47. The van der Waals surface area contributed by atoms with Gasteiger partial charge in [-0.3, -0.25) is 9.59 Å². The highest BCUT2D eigenvalue weighted by molar-refractivity contribution is 6.00. The van der Waals surface area contributed by atoms with Crippen molar-refractivity contribution >= 4 is 17.5 Å². The van der Waals surface area contributed by atoms with Crippen LogP contribution in [0.2, 0.25) is 0 Å². The molecule has 0 saturated carbocycles. The van der Waals surface area contributed by atoms with E-state index in [4.69, 9.17) is 4.74 Å². The number of hydrogen-bond donors (Lipinski definition) is 1. The molecule has 1 aromatic carbocycles. The zero-order chi connectivity index (χ0) is 16.4. The van der Waals surface area contributed by atoms with Gasteiger partial charge in [-0.2, -0.15) is 0 Å². The fourth-order valence-corrected chi connectivity index (χ4v) is 3.40. The van der Waals surface area contributed by atoms with Crippen LogP contribution in [0.5, 0.6) is 0 Å². The van der Waals surface area contributed by atoms with E-state index in [1.165, 1.54) is 0 Å². The van der Waals surface area contributed by atoms with Crippen molar-refractivity contribution in [2.45, 2.75) is 39.2 Å². The van der Waals surface area contributed by atoms with Crippen molar-refractivity contribution in [1.82, 2.24) is 5.32 Å². The molecule has 124 valence electrons. The van der Waals surface area contributed by atoms with E-state index < -0.39 is 0 Å². The molecule has 2 saturated heterocycles. The third-order valence-corrected chi connectivity index (χ3v) is 4.54. The van der Waals surface area contributed by atoms with Crippen molar-refractivity contribution in [2.24, 2.45) is 5.92 Å². The first-order valence-corrected chi connectivity index (χ1v) is 8.31. The largest absolute Gasteiger partial charge is 0.376 e. The number of anilines is 1. The van der Waals surface area contributed by atoms with Gasteiger partial charge in [0.2, 0.25) is 11.8 Å². The molecule has 2 aliphatic rings. The van der Waals surface area contributed by atoms with E-state index in [1.807, 2.05) is 26.0 Å². The van der Waals surface area contributed by atoms with Crippen LogP contribution >= 0.6 is 0 Å². The molecule has 5 heteroatoms. The van der Waals surface area contributed by atoms with E-state index in [9.17, 15) is 9.59 Å². The molecule has 5 nitrogen and oxygen atoms in total. The highest BCUT2D eigenvalue weighted by Crippen LogP contribution is 2.27. The van der Waals surface area contributed by atoms with Crippen LogP contribution in [-0.4, -0.2) is 37.6 Å². The number of nitrogens with zero attached hydrogens (tertiary/aromatic N) is 1. The lowest BCUT2D eigenvalue weighted by molar-refractivity contribution is -0.126. The van der Waals surface area contributed by atoms with Gasteiger partial charge in [-0.25, -0.2) is 0 Å². The summed E-state index contributed by atoms with van der Waals surface area (Å²) < 4.78 is 5.51. The van der Waals surface area contributed by atoms with E-state index in [0.717, 1.165) is 36.3 Å². The molecule has 2 fully saturated rings. The average molecular weight is 316 g/mol. The van der Waals surface area contributed by atoms with Gasteiger partial charge in [0.1, 0.15) is 0 Å². The lowest BCUT2D eigenvalue weighted by Gasteiger charge is -2.18. The molecule has 0 aromatic heterocycles. The minimum absolute atomic E-state index is 0.0206. The van der Waals surface area contributed by atoms with Crippen molar-refractivity contribution in [3.05, 3.63) is 29.3 Å². The standard InChI is InChI=1S/C18H24N2O3/c1-12-6-13(2)8-15(7-12)20-11-14(9-17(20)21)18(22)19-10-16-4-3-5-23-16/h6-8,14,16H,3-5,9-11H2,1-2H3,(H,19,22). The molecule has 3 rings (SSSR count). The fourth-order valence-electron chi connectivity index (χ4n) is 3.40. The first kappa shape index (κ1) is 16.0. The minimum atomic E-state index is -0.273. The van der Waals surface area contributed by atoms with Crippen molar-refractivity contribution in [2.75, 3.05) is 24.6 Å². The molecule has 1 aromatic rings. The number of carbonyl (C=O) groups excluding carboxylic acids is 2. The molecule has 0 bridgehead atoms. The van der Waals surface area contributed by atoms with E-state index in [2.05, 4.69) is 11.4 Å². The number of rotatable bonds is 4. The summed E-state index contributed by atoms with van der Waals surface area (Å²) in [6.45, 7) is 5.82. The van der Waals surface area contributed by atoms with Gasteiger partial charge < -0.3 is 15.0 Å². The first-order valence-electron chi connectivity index (χ1n) is 8.31. The number of carbonyl (C=O) groups is 2. The molecule has 2 aliphatic heterocycles. The van der Waals surface area contributed by atoms with Gasteiger partial charge >= 0.3 is 0 Å². The van der Waals surface area contributed by atoms with Gasteiger partial charge in [0.15, 0.2) is 0 Å². The van der Waals surface area contributed by atoms with Crippen LogP contribution in [0.4, 0.5) is 5.69 Å². The van der Waals surface area contributed by atoms with E-state index in [-0.39, 0.29) is 30.3 Å². The third-order valence-electron chi connectivity index (χ3n) is 4.54. The molecule has 2 unspecified atom stereocenters. The van der Waals surface area contributed by atoms with Gasteiger partial charge in [0.25, 0.3) is 0 Å². The van der Waals surface area contributed by atoms with Gasteiger partial charge in [0.05, 0.1) is 12.0 Å². The first-order chi connectivity index (χ1) is 11.0. The Labute approximate surface area is 137 Å². The summed E-state index contributed by atoms with van der Waals surface area (Å²) in [7, 11) is 0. The molecule has 23 heavy (non-hydrogen) atoms. The number of aryl methyl sites for hydroxylation is 2. The van der Waals surface area contributed by atoms with Crippen molar-refractivity contribution in [3.63, 3.8) is 0 Å². The van der Waals surface area contributed by atoms with Crippen LogP contribution in [0.3, 0.4) is 0 Å². The molecular weight excluding hydrogens is 292 g/mol. The summed E-state index contributed by atoms with van der Waals surface area (Å²) in [4.78, 5) is 26.3. The Bertz CT molecular complexity index is 588. The monoisotopic (exact) mass is 316 g/mol. The highest BCUT2D eigenvalue weighted by atomic mass is 16.5. The van der Waals surface area contributed by atoms with Crippen LogP contribution < -0.4 is 10.2 Å². The Morgan fingerprint density at radius 2 is 2.04 bits per heavy atom. The Morgan fingerprint density at radius 1 is 1.30 bits per heavy atom. The Balaban J connectivity index is 1.61. The smallest absolute Gasteiger partial charge is 0.227 e. The van der Waals surface area contributed by atoms with Crippen LogP contribution in [0.1, 0.15) is 30.4 Å². The summed E-state index contributed by atoms with van der Waals surface area (Å²) in [6, 6.07) is 6.07. The SMILES string of the molecule is Cc1cc(C)cc(N2CC(C(=O)NCC3CCCO3)CC2=O)c1. The average Bonchev–Trinajstić information content (AvgIpc) is 3.13. The molecule has 1 N–H and O–H groups in total. The molecule has 2 heterocycles. The summed E-state index contributed by atoms with van der Waals surface area (Å²) in [5.41, 5.74) is 3.14. The van der Waals surface area contributed by atoms with Gasteiger partial charge in [-0.05, 0) is 49.9 Å². The maximum absolute atomic E-state index is 12.3. The number of amides is 2. The Morgan fingerprint density at radius 3 is 2.70 bits per heavy atom. The lowest BCUT2D eigenvalue weighted by Crippen LogP contribution is -2.37. The topological polar surface area (TPSA) is 58.6 Å². The molecule has 0 spiro atoms. The minimum Gasteiger partial charge on any atom is -0.376 e. The Hall–Kier alpha value is -1.88. The second kappa shape index (κ2) is 6.71. The van der Waals surface area contributed by atoms with Crippen LogP contribution in [-0.2, 0) is 14.3 Å². The van der Waals surface area contributed by atoms with Gasteiger partial charge in [0, 0.05) is 31.8 Å². The van der Waals surface area contributed by atoms with Gasteiger partial charge in [-0.15, -0.1) is 0 Å². The molecule has 2 amide bonds. The lowest BCUT2D eigenvalue weighted by atomic mass is 10.1. The number of ether oxygens (including phenoxy) is 1. The zero-order valence-corrected chi connectivity index (χ0v) is 13.8. The maximum atomic E-state index is 12.3. The molecular formula is C18H24N2O3.